The summed E-state index contributed by atoms with van der Waals surface area (Å²) in [6, 6.07) is 10.4. The van der Waals surface area contributed by atoms with Crippen LogP contribution in [0.25, 0.3) is 12.2 Å². The second kappa shape index (κ2) is 6.56. The maximum absolute atomic E-state index is 12.7. The van der Waals surface area contributed by atoms with Crippen molar-refractivity contribution >= 4 is 12.2 Å². The quantitative estimate of drug-likeness (QED) is 0.748. The van der Waals surface area contributed by atoms with Crippen molar-refractivity contribution in [2.24, 2.45) is 0 Å². The van der Waals surface area contributed by atoms with Crippen LogP contribution in [-0.4, -0.2) is 14.2 Å². The Morgan fingerprint density at radius 1 is 0.818 bits per heavy atom. The molecule has 0 aliphatic rings. The Bertz CT molecular complexity index is 654. The third kappa shape index (κ3) is 4.04. The Hall–Kier alpha value is -2.43. The lowest BCUT2D eigenvalue weighted by molar-refractivity contribution is -0.137. The number of hydrogen-bond acceptors (Lipinski definition) is 2. The molecule has 0 saturated carbocycles. The SMILES string of the molecule is COc1cc(/C=C/c2cccc(C(F)(F)F)c2)cc(OC)c1. The molecule has 0 N–H and O–H groups in total. The van der Waals surface area contributed by atoms with Crippen LogP contribution in [0.3, 0.4) is 0 Å². The van der Waals surface area contributed by atoms with Crippen molar-refractivity contribution in [1.82, 2.24) is 0 Å². The van der Waals surface area contributed by atoms with Crippen LogP contribution in [-0.2, 0) is 6.18 Å². The molecular formula is C17H15F3O2. The third-order valence-electron chi connectivity index (χ3n) is 3.06. The van der Waals surface area contributed by atoms with Crippen molar-refractivity contribution in [2.45, 2.75) is 6.18 Å². The summed E-state index contributed by atoms with van der Waals surface area (Å²) >= 11 is 0. The van der Waals surface area contributed by atoms with E-state index in [2.05, 4.69) is 0 Å². The summed E-state index contributed by atoms with van der Waals surface area (Å²) in [5.41, 5.74) is 0.572. The van der Waals surface area contributed by atoms with E-state index in [9.17, 15) is 13.2 Å². The zero-order valence-corrected chi connectivity index (χ0v) is 12.1. The molecule has 0 aliphatic carbocycles. The summed E-state index contributed by atoms with van der Waals surface area (Å²) in [4.78, 5) is 0. The molecule has 5 heteroatoms. The molecule has 2 rings (SSSR count). The molecule has 0 radical (unpaired) electrons. The van der Waals surface area contributed by atoms with Crippen LogP contribution in [0, 0.1) is 0 Å². The first-order valence-electron chi connectivity index (χ1n) is 6.51. The van der Waals surface area contributed by atoms with Crippen molar-refractivity contribution < 1.29 is 22.6 Å². The lowest BCUT2D eigenvalue weighted by Crippen LogP contribution is -2.04. The molecule has 0 amide bonds. The lowest BCUT2D eigenvalue weighted by Gasteiger charge is -2.07. The minimum atomic E-state index is -4.34. The standard InChI is InChI=1S/C17H15F3O2/c1-21-15-9-13(10-16(11-15)22-2)7-6-12-4-3-5-14(8-12)17(18,19)20/h3-11H,1-2H3/b7-6+. The van der Waals surface area contributed by atoms with Gasteiger partial charge in [-0.25, -0.2) is 0 Å². The van der Waals surface area contributed by atoms with Gasteiger partial charge in [-0.2, -0.15) is 13.2 Å². The average Bonchev–Trinajstić information content (AvgIpc) is 2.52. The van der Waals surface area contributed by atoms with Gasteiger partial charge < -0.3 is 9.47 Å². The van der Waals surface area contributed by atoms with Gasteiger partial charge in [0.2, 0.25) is 0 Å². The Labute approximate surface area is 126 Å². The first kappa shape index (κ1) is 15.9. The van der Waals surface area contributed by atoms with E-state index in [0.717, 1.165) is 17.7 Å². The Morgan fingerprint density at radius 2 is 1.41 bits per heavy atom. The zero-order chi connectivity index (χ0) is 16.2. The summed E-state index contributed by atoms with van der Waals surface area (Å²) in [6.07, 6.45) is -1.02. The second-order valence-corrected chi connectivity index (χ2v) is 4.60. The molecular weight excluding hydrogens is 293 g/mol. The number of halogens is 3. The first-order chi connectivity index (χ1) is 10.4. The average molecular weight is 308 g/mol. The number of alkyl halides is 3. The van der Waals surface area contributed by atoms with E-state index in [4.69, 9.17) is 9.47 Å². The molecule has 0 aliphatic heterocycles. The summed E-state index contributed by atoms with van der Waals surface area (Å²) < 4.78 is 48.3. The molecule has 0 heterocycles. The molecule has 0 spiro atoms. The highest BCUT2D eigenvalue weighted by Crippen LogP contribution is 2.30. The molecule has 2 nitrogen and oxygen atoms in total. The van der Waals surface area contributed by atoms with Crippen molar-refractivity contribution in [1.29, 1.82) is 0 Å². The van der Waals surface area contributed by atoms with Gasteiger partial charge in [0.05, 0.1) is 19.8 Å². The van der Waals surface area contributed by atoms with Gasteiger partial charge in [0.1, 0.15) is 11.5 Å². The van der Waals surface area contributed by atoms with Crippen LogP contribution in [0.4, 0.5) is 13.2 Å². The fraction of sp³-hybridized carbons (Fsp3) is 0.176. The molecule has 2 aromatic carbocycles. The second-order valence-electron chi connectivity index (χ2n) is 4.60. The van der Waals surface area contributed by atoms with Crippen LogP contribution >= 0.6 is 0 Å². The van der Waals surface area contributed by atoms with E-state index < -0.39 is 11.7 Å². The number of methoxy groups -OCH3 is 2. The van der Waals surface area contributed by atoms with Gasteiger partial charge in [-0.05, 0) is 35.4 Å². The highest BCUT2D eigenvalue weighted by atomic mass is 19.4. The predicted molar refractivity (Wildman–Crippen MR) is 79.9 cm³/mol. The fourth-order valence-corrected chi connectivity index (χ4v) is 1.94. The highest BCUT2D eigenvalue weighted by Gasteiger charge is 2.30. The van der Waals surface area contributed by atoms with Gasteiger partial charge in [0, 0.05) is 6.07 Å². The van der Waals surface area contributed by atoms with Gasteiger partial charge in [0.25, 0.3) is 0 Å². The van der Waals surface area contributed by atoms with Gasteiger partial charge in [-0.3, -0.25) is 0 Å². The van der Waals surface area contributed by atoms with E-state index in [1.54, 1.807) is 36.4 Å². The minimum Gasteiger partial charge on any atom is -0.497 e. The molecule has 0 atom stereocenters. The molecule has 22 heavy (non-hydrogen) atoms. The summed E-state index contributed by atoms with van der Waals surface area (Å²) in [6.45, 7) is 0. The molecule has 0 saturated heterocycles. The third-order valence-corrected chi connectivity index (χ3v) is 3.06. The Balaban J connectivity index is 2.29. The molecule has 116 valence electrons. The van der Waals surface area contributed by atoms with E-state index in [-0.39, 0.29) is 0 Å². The summed E-state index contributed by atoms with van der Waals surface area (Å²) in [5.74, 6) is 1.23. The van der Waals surface area contributed by atoms with Crippen molar-refractivity contribution in [2.75, 3.05) is 14.2 Å². The van der Waals surface area contributed by atoms with Gasteiger partial charge in [-0.1, -0.05) is 24.3 Å². The van der Waals surface area contributed by atoms with Crippen LogP contribution < -0.4 is 9.47 Å². The van der Waals surface area contributed by atoms with Gasteiger partial charge >= 0.3 is 6.18 Å². The molecule has 0 bridgehead atoms. The van der Waals surface area contributed by atoms with E-state index in [1.807, 2.05) is 0 Å². The van der Waals surface area contributed by atoms with Gasteiger partial charge in [-0.15, -0.1) is 0 Å². The monoisotopic (exact) mass is 308 g/mol. The lowest BCUT2D eigenvalue weighted by atomic mass is 10.1. The normalized spacial score (nSPS) is 11.7. The van der Waals surface area contributed by atoms with E-state index in [1.165, 1.54) is 20.3 Å². The largest absolute Gasteiger partial charge is 0.497 e. The van der Waals surface area contributed by atoms with Crippen LogP contribution in [0.2, 0.25) is 0 Å². The fourth-order valence-electron chi connectivity index (χ4n) is 1.94. The first-order valence-corrected chi connectivity index (χ1v) is 6.51. The minimum absolute atomic E-state index is 0.469. The zero-order valence-electron chi connectivity index (χ0n) is 12.1. The molecule has 0 fully saturated rings. The smallest absolute Gasteiger partial charge is 0.416 e. The predicted octanol–water partition coefficient (Wildman–Crippen LogP) is 4.89. The number of hydrogen-bond donors (Lipinski definition) is 0. The summed E-state index contributed by atoms with van der Waals surface area (Å²) in [7, 11) is 3.07. The van der Waals surface area contributed by atoms with Crippen molar-refractivity contribution in [3.05, 3.63) is 59.2 Å². The highest BCUT2D eigenvalue weighted by molar-refractivity contribution is 5.71. The summed E-state index contributed by atoms with van der Waals surface area (Å²) in [5, 5.41) is 0. The maximum atomic E-state index is 12.7. The van der Waals surface area contributed by atoms with Crippen molar-refractivity contribution in [3.8, 4) is 11.5 Å². The van der Waals surface area contributed by atoms with E-state index >= 15 is 0 Å². The number of ether oxygens (including phenoxy) is 2. The van der Waals surface area contributed by atoms with Crippen LogP contribution in [0.5, 0.6) is 11.5 Å². The topological polar surface area (TPSA) is 18.5 Å². The van der Waals surface area contributed by atoms with Crippen LogP contribution in [0.1, 0.15) is 16.7 Å². The van der Waals surface area contributed by atoms with Crippen LogP contribution in [0.15, 0.2) is 42.5 Å². The molecule has 2 aromatic rings. The Kier molecular flexibility index (Phi) is 4.75. The molecule has 0 unspecified atom stereocenters. The Morgan fingerprint density at radius 3 is 1.95 bits per heavy atom. The van der Waals surface area contributed by atoms with E-state index in [0.29, 0.717) is 17.1 Å². The van der Waals surface area contributed by atoms with Crippen molar-refractivity contribution in [3.63, 3.8) is 0 Å². The maximum Gasteiger partial charge on any atom is 0.416 e. The number of benzene rings is 2. The molecule has 0 aromatic heterocycles. The number of rotatable bonds is 4. The van der Waals surface area contributed by atoms with Gasteiger partial charge in [0.15, 0.2) is 0 Å².